The average Bonchev–Trinajstić information content (AvgIpc) is 3.77. The number of nitrogens with zero attached hydrogens (tertiary/aromatic N) is 3. The summed E-state index contributed by atoms with van der Waals surface area (Å²) in [5.41, 5.74) is 3.75. The molecule has 4 heterocycles. The van der Waals surface area contributed by atoms with Crippen LogP contribution in [-0.2, 0) is 25.7 Å². The van der Waals surface area contributed by atoms with E-state index >= 15 is 4.79 Å². The first-order valence-corrected chi connectivity index (χ1v) is 24.9. The number of allylic oxidation sites excluding steroid dienone is 1. The highest BCUT2D eigenvalue weighted by Gasteiger charge is 2.65. The van der Waals surface area contributed by atoms with Crippen molar-refractivity contribution >= 4 is 11.6 Å². The number of amides is 1. The first-order valence-electron chi connectivity index (χ1n) is 24.9. The van der Waals surface area contributed by atoms with Crippen LogP contribution in [-0.4, -0.2) is 109 Å². The number of hydrogen-bond acceptors (Lipinski definition) is 12. The second kappa shape index (κ2) is 21.7. The van der Waals surface area contributed by atoms with Crippen molar-refractivity contribution in [1.82, 2.24) is 9.80 Å². The summed E-state index contributed by atoms with van der Waals surface area (Å²) in [6.07, 6.45) is 17.6. The highest BCUT2D eigenvalue weighted by Crippen LogP contribution is 2.62. The molecule has 9 rings (SSSR count). The number of carbonyl (C=O) groups is 1. The molecule has 2 aromatic rings. The second-order valence-corrected chi connectivity index (χ2v) is 19.3. The van der Waals surface area contributed by atoms with Gasteiger partial charge in [0.2, 0.25) is 24.8 Å². The Labute approximate surface area is 385 Å². The second-order valence-electron chi connectivity index (χ2n) is 19.3. The summed E-state index contributed by atoms with van der Waals surface area (Å²) in [5, 5.41) is 25.1. The summed E-state index contributed by atoms with van der Waals surface area (Å²) in [6.45, 7) is 9.33. The third-order valence-corrected chi connectivity index (χ3v) is 15.0. The molecule has 4 fully saturated rings. The van der Waals surface area contributed by atoms with Crippen LogP contribution < -0.4 is 18.9 Å². The summed E-state index contributed by atoms with van der Waals surface area (Å²) in [5.74, 6) is 1.76. The van der Waals surface area contributed by atoms with E-state index in [-0.39, 0.29) is 50.3 Å². The molecule has 1 amide bonds. The minimum atomic E-state index is -1.36. The van der Waals surface area contributed by atoms with Gasteiger partial charge < -0.3 is 48.4 Å². The number of unbranched alkanes of at least 4 members (excludes halogenated alkanes) is 2. The maximum atomic E-state index is 15.3. The van der Waals surface area contributed by atoms with Gasteiger partial charge >= 0.3 is 0 Å². The SMILES string of the molecule is C=CCOC12Oc3ccc(OCCN4CC4)cc3C3C(CCCCO)C(CCCCO)C=C(C(=NOC4CCCCO4)CC1N(Cc1ccc4c(c1)OCO4)C(=O)CCC1CCCC1)C32. The standard InChI is InChI=1S/C52H71N3O10/c1-2-27-63-52-47(55(48(58)21-17-36-11-3-4-12-36)34-37-16-19-45-46(30-37)62-35-61-45)33-43(53-65-49-15-7-10-28-60-49)41-31-38(13-5-8-25-56)40(14-6-9-26-57)50(51(41)52)42-32-39(18-20-44(42)64-52)59-29-24-54-22-23-54/h2,16,18-20,30-32,36,38,40,47,49-51,56-57H,1,3-15,17,21-29,33-35H2. The predicted octanol–water partition coefficient (Wildman–Crippen LogP) is 8.27. The van der Waals surface area contributed by atoms with Gasteiger partial charge in [-0.1, -0.05) is 61.9 Å². The number of carbonyl (C=O) groups excluding carboxylic acids is 1. The van der Waals surface area contributed by atoms with Crippen molar-refractivity contribution in [2.45, 2.75) is 133 Å². The molecule has 65 heavy (non-hydrogen) atoms. The van der Waals surface area contributed by atoms with E-state index in [1.807, 2.05) is 35.2 Å². The molecular weight excluding hydrogens is 827 g/mol. The molecule has 4 aliphatic heterocycles. The monoisotopic (exact) mass is 898 g/mol. The van der Waals surface area contributed by atoms with Gasteiger partial charge in [0.1, 0.15) is 24.1 Å². The Hall–Kier alpha value is -4.14. The van der Waals surface area contributed by atoms with Gasteiger partial charge in [-0.3, -0.25) is 9.69 Å². The topological polar surface area (TPSA) is 141 Å². The molecule has 7 atom stereocenters. The minimum Gasteiger partial charge on any atom is -0.492 e. The van der Waals surface area contributed by atoms with Gasteiger partial charge in [-0.2, -0.15) is 0 Å². The van der Waals surface area contributed by atoms with Crippen LogP contribution in [0.15, 0.2) is 65.9 Å². The lowest BCUT2D eigenvalue weighted by Crippen LogP contribution is -2.70. The Kier molecular flexibility index (Phi) is 15.3. The number of aliphatic hydroxyl groups is 2. The number of benzene rings is 2. The Bertz CT molecular complexity index is 1990. The van der Waals surface area contributed by atoms with Crippen LogP contribution in [0, 0.1) is 23.7 Å². The molecule has 13 nitrogen and oxygen atoms in total. The lowest BCUT2D eigenvalue weighted by Gasteiger charge is -2.60. The molecule has 13 heteroatoms. The third kappa shape index (κ3) is 10.5. The zero-order chi connectivity index (χ0) is 44.6. The molecule has 0 spiro atoms. The zero-order valence-corrected chi connectivity index (χ0v) is 38.3. The van der Waals surface area contributed by atoms with Crippen molar-refractivity contribution in [3.63, 3.8) is 0 Å². The highest BCUT2D eigenvalue weighted by molar-refractivity contribution is 6.03. The van der Waals surface area contributed by atoms with E-state index in [9.17, 15) is 10.2 Å². The molecule has 0 bridgehead atoms. The van der Waals surface area contributed by atoms with E-state index in [0.717, 1.165) is 118 Å². The molecule has 0 radical (unpaired) electrons. The van der Waals surface area contributed by atoms with Crippen molar-refractivity contribution in [1.29, 1.82) is 0 Å². The van der Waals surface area contributed by atoms with Crippen molar-refractivity contribution in [3.05, 3.63) is 71.8 Å². The number of hydrogen-bond donors (Lipinski definition) is 2. The van der Waals surface area contributed by atoms with Crippen LogP contribution in [0.1, 0.15) is 120 Å². The zero-order valence-electron chi connectivity index (χ0n) is 38.3. The first-order chi connectivity index (χ1) is 32.0. The number of aliphatic hydroxyl groups excluding tert-OH is 2. The fourth-order valence-corrected chi connectivity index (χ4v) is 11.6. The predicted molar refractivity (Wildman–Crippen MR) is 246 cm³/mol. The van der Waals surface area contributed by atoms with Crippen molar-refractivity contribution in [3.8, 4) is 23.0 Å². The van der Waals surface area contributed by atoms with Gasteiger partial charge in [-0.25, -0.2) is 0 Å². The maximum Gasteiger partial charge on any atom is 0.239 e. The van der Waals surface area contributed by atoms with E-state index in [1.165, 1.54) is 12.8 Å². The van der Waals surface area contributed by atoms with Gasteiger partial charge in [0.15, 0.2) is 11.5 Å². The van der Waals surface area contributed by atoms with Gasteiger partial charge in [0.05, 0.1) is 24.8 Å². The molecule has 7 aliphatic rings. The van der Waals surface area contributed by atoms with E-state index in [4.69, 9.17) is 38.4 Å². The molecule has 2 saturated carbocycles. The Morgan fingerprint density at radius 2 is 1.74 bits per heavy atom. The number of ether oxygens (including phenoxy) is 6. The number of fused-ring (bicyclic) bond motifs is 3. The normalized spacial score (nSPS) is 28.5. The Morgan fingerprint density at radius 1 is 0.938 bits per heavy atom. The van der Waals surface area contributed by atoms with Gasteiger partial charge in [-0.15, -0.1) is 6.58 Å². The molecule has 0 aromatic heterocycles. The molecule has 354 valence electrons. The summed E-state index contributed by atoms with van der Waals surface area (Å²) in [7, 11) is 0. The van der Waals surface area contributed by atoms with Gasteiger partial charge in [0, 0.05) is 70.1 Å². The molecular formula is C52H71N3O10. The average molecular weight is 898 g/mol. The maximum absolute atomic E-state index is 15.3. The number of rotatable bonds is 23. The molecule has 2 saturated heterocycles. The number of oxime groups is 1. The summed E-state index contributed by atoms with van der Waals surface area (Å²) in [6, 6.07) is 11.5. The fraction of sp³-hybridized carbons (Fsp3) is 0.654. The van der Waals surface area contributed by atoms with Crippen molar-refractivity contribution in [2.24, 2.45) is 28.8 Å². The third-order valence-electron chi connectivity index (χ3n) is 15.0. The Balaban J connectivity index is 1.20. The van der Waals surface area contributed by atoms with Crippen LogP contribution in [0.4, 0.5) is 0 Å². The van der Waals surface area contributed by atoms with Gasteiger partial charge in [0.25, 0.3) is 0 Å². The Morgan fingerprint density at radius 3 is 2.52 bits per heavy atom. The minimum absolute atomic E-state index is 0.0442. The van der Waals surface area contributed by atoms with E-state index in [1.54, 1.807) is 6.08 Å². The summed E-state index contributed by atoms with van der Waals surface area (Å²) < 4.78 is 38.9. The van der Waals surface area contributed by atoms with Crippen molar-refractivity contribution < 1.29 is 48.3 Å². The summed E-state index contributed by atoms with van der Waals surface area (Å²) in [4.78, 5) is 26.1. The van der Waals surface area contributed by atoms with Crippen LogP contribution in [0.25, 0.3) is 0 Å². The van der Waals surface area contributed by atoms with Crippen molar-refractivity contribution in [2.75, 3.05) is 59.5 Å². The lowest BCUT2D eigenvalue weighted by atomic mass is 9.55. The quantitative estimate of drug-likeness (QED) is 0.0482. The lowest BCUT2D eigenvalue weighted by molar-refractivity contribution is -0.258. The van der Waals surface area contributed by atoms with Crippen LogP contribution in [0.5, 0.6) is 23.0 Å². The molecule has 7 unspecified atom stereocenters. The highest BCUT2D eigenvalue weighted by atomic mass is 16.8. The molecule has 2 aromatic carbocycles. The summed E-state index contributed by atoms with van der Waals surface area (Å²) >= 11 is 0. The van der Waals surface area contributed by atoms with E-state index in [2.05, 4.69) is 23.6 Å². The van der Waals surface area contributed by atoms with Gasteiger partial charge in [-0.05, 0) is 104 Å². The first kappa shape index (κ1) is 46.0. The van der Waals surface area contributed by atoms with E-state index in [0.29, 0.717) is 62.9 Å². The van der Waals surface area contributed by atoms with E-state index < -0.39 is 24.0 Å². The largest absolute Gasteiger partial charge is 0.492 e. The molecule has 3 aliphatic carbocycles. The van der Waals surface area contributed by atoms with Crippen LogP contribution >= 0.6 is 0 Å². The van der Waals surface area contributed by atoms with Crippen LogP contribution in [0.3, 0.4) is 0 Å². The van der Waals surface area contributed by atoms with Crippen LogP contribution in [0.2, 0.25) is 0 Å². The smallest absolute Gasteiger partial charge is 0.239 e. The molecule has 2 N–H and O–H groups in total. The fourth-order valence-electron chi connectivity index (χ4n) is 11.6.